The number of aromatic amines is 1. The molecule has 5 amide bonds. The zero-order valence-corrected chi connectivity index (χ0v) is 30.2. The van der Waals surface area contributed by atoms with Gasteiger partial charge in [-0.1, -0.05) is 45.2 Å². The van der Waals surface area contributed by atoms with Gasteiger partial charge in [-0.05, 0) is 69.1 Å². The number of fused-ring (bicyclic) bond motifs is 2. The third kappa shape index (κ3) is 12.4. The summed E-state index contributed by atoms with van der Waals surface area (Å²) in [6.45, 7) is 6.47. The van der Waals surface area contributed by atoms with Crippen molar-refractivity contribution in [2.75, 3.05) is 32.8 Å². The zero-order valence-electron chi connectivity index (χ0n) is 30.2. The summed E-state index contributed by atoms with van der Waals surface area (Å²) in [6.07, 6.45) is 7.80. The highest BCUT2D eigenvalue weighted by Gasteiger charge is 2.30. The highest BCUT2D eigenvalue weighted by Crippen LogP contribution is 2.33. The molecule has 2 heterocycles. The Balaban J connectivity index is 1.49. The molecule has 0 unspecified atom stereocenters. The lowest BCUT2D eigenvalue weighted by Crippen LogP contribution is -2.57. The molecule has 1 fully saturated rings. The summed E-state index contributed by atoms with van der Waals surface area (Å²) in [5.41, 5.74) is 2.08. The number of benzene rings is 1. The Bertz CT molecular complexity index is 1470. The predicted molar refractivity (Wildman–Crippen MR) is 191 cm³/mol. The van der Waals surface area contributed by atoms with Crippen LogP contribution in [-0.2, 0) is 25.6 Å². The molecule has 51 heavy (non-hydrogen) atoms. The van der Waals surface area contributed by atoms with Gasteiger partial charge in [0, 0.05) is 32.1 Å². The number of nitrogens with one attached hydrogen (secondary N) is 5. The normalized spacial score (nSPS) is 22.1. The van der Waals surface area contributed by atoms with E-state index in [0.29, 0.717) is 62.2 Å². The van der Waals surface area contributed by atoms with Crippen molar-refractivity contribution in [3.63, 3.8) is 0 Å². The molecule has 2 bridgehead atoms. The first kappa shape index (κ1) is 39.3. The van der Waals surface area contributed by atoms with E-state index in [0.717, 1.165) is 31.4 Å². The molecule has 14 heteroatoms. The van der Waals surface area contributed by atoms with Crippen LogP contribution >= 0.6 is 0 Å². The largest absolute Gasteiger partial charge is 0.484 e. The number of carbonyl (C=O) groups is 5. The Morgan fingerprint density at radius 1 is 0.922 bits per heavy atom. The summed E-state index contributed by atoms with van der Waals surface area (Å²) in [5, 5.41) is 28.8. The van der Waals surface area contributed by atoms with Crippen LogP contribution in [0.3, 0.4) is 0 Å². The number of amides is 5. The van der Waals surface area contributed by atoms with E-state index in [1.807, 2.05) is 13.8 Å². The van der Waals surface area contributed by atoms with Crippen LogP contribution in [-0.4, -0.2) is 101 Å². The number of carbonyl (C=O) groups excluding carboxylic acids is 5. The fraction of sp³-hybridized carbons (Fsp3) is 0.622. The molecule has 14 nitrogen and oxygen atoms in total. The number of H-pyrrole nitrogens is 1. The lowest BCUT2D eigenvalue weighted by atomic mass is 9.85. The second-order valence-corrected chi connectivity index (χ2v) is 14.1. The maximum Gasteiger partial charge on any atom is 0.257 e. The molecule has 0 radical (unpaired) electrons. The topological polar surface area (TPSA) is 195 Å². The predicted octanol–water partition coefficient (Wildman–Crippen LogP) is 2.33. The Morgan fingerprint density at radius 3 is 2.41 bits per heavy atom. The van der Waals surface area contributed by atoms with E-state index < -0.39 is 35.9 Å². The van der Waals surface area contributed by atoms with Crippen molar-refractivity contribution < 1.29 is 33.8 Å². The molecular weight excluding hydrogens is 654 g/mol. The standard InChI is InChI=1S/C37H55N7O7/c1-24(2)19-30-35(48)42-33(25(3)45)36(49)39-15-7-8-17-44(37(50)29-22-40-43-34(29)27-12-5-4-6-13-27)18-10-16-38-32(47)23-51-28-14-9-11-26(20-28)21-31(46)41-30/h9,11,14,20,22,24-25,27,30,33,45H,4-8,10,12-13,15-19,21,23H2,1-3H3,(H,38,47)(H,39,49)(H,40,43)(H,41,46)(H,42,48)/t25-,30-,33+/m1/s1. The van der Waals surface area contributed by atoms with E-state index in [4.69, 9.17) is 4.74 Å². The number of aromatic nitrogens is 2. The van der Waals surface area contributed by atoms with E-state index in [1.54, 1.807) is 35.4 Å². The molecule has 1 aromatic carbocycles. The van der Waals surface area contributed by atoms with Gasteiger partial charge in [0.1, 0.15) is 17.8 Å². The van der Waals surface area contributed by atoms with Crippen LogP contribution in [0.2, 0.25) is 0 Å². The first-order chi connectivity index (χ1) is 24.5. The van der Waals surface area contributed by atoms with Crippen LogP contribution in [0.25, 0.3) is 0 Å². The minimum absolute atomic E-state index is 0.0399. The van der Waals surface area contributed by atoms with Crippen molar-refractivity contribution in [2.45, 2.75) is 109 Å². The smallest absolute Gasteiger partial charge is 0.257 e. The maximum atomic E-state index is 13.9. The van der Waals surface area contributed by atoms with Crippen molar-refractivity contribution in [3.8, 4) is 5.75 Å². The van der Waals surface area contributed by atoms with E-state index >= 15 is 0 Å². The number of aliphatic hydroxyl groups excluding tert-OH is 1. The average Bonchev–Trinajstić information content (AvgIpc) is 3.60. The summed E-state index contributed by atoms with van der Waals surface area (Å²) in [7, 11) is 0. The van der Waals surface area contributed by atoms with Crippen LogP contribution in [0.5, 0.6) is 5.75 Å². The molecule has 0 saturated heterocycles. The fourth-order valence-corrected chi connectivity index (χ4v) is 6.64. The van der Waals surface area contributed by atoms with E-state index in [2.05, 4.69) is 31.5 Å². The Labute approximate surface area is 300 Å². The van der Waals surface area contributed by atoms with Crippen molar-refractivity contribution in [3.05, 3.63) is 47.3 Å². The second kappa shape index (κ2) is 19.8. The van der Waals surface area contributed by atoms with Crippen LogP contribution in [0.4, 0.5) is 0 Å². The average molecular weight is 710 g/mol. The molecule has 0 spiro atoms. The molecular formula is C37H55N7O7. The van der Waals surface area contributed by atoms with Crippen molar-refractivity contribution in [2.24, 2.45) is 5.92 Å². The SMILES string of the molecule is CC(C)C[C@H]1NC(=O)Cc2cccc(c2)OCC(=O)NCCCN(C(=O)c2cn[nH]c2C2CCCCC2)CCCCNC(=O)[C@H]([C@@H](C)O)NC1=O. The molecule has 6 N–H and O–H groups in total. The second-order valence-electron chi connectivity index (χ2n) is 14.1. The zero-order chi connectivity index (χ0) is 36.8. The van der Waals surface area contributed by atoms with Gasteiger partial charge in [0.05, 0.1) is 30.0 Å². The summed E-state index contributed by atoms with van der Waals surface area (Å²) < 4.78 is 5.70. The minimum Gasteiger partial charge on any atom is -0.484 e. The Kier molecular flexibility index (Phi) is 15.3. The van der Waals surface area contributed by atoms with Gasteiger partial charge >= 0.3 is 0 Å². The quantitative estimate of drug-likeness (QED) is 0.272. The third-order valence-electron chi connectivity index (χ3n) is 9.34. The summed E-state index contributed by atoms with van der Waals surface area (Å²) in [4.78, 5) is 67.8. The molecule has 1 aliphatic heterocycles. The number of hydrogen-bond acceptors (Lipinski definition) is 8. The van der Waals surface area contributed by atoms with Gasteiger partial charge in [0.2, 0.25) is 17.7 Å². The summed E-state index contributed by atoms with van der Waals surface area (Å²) in [5.74, 6) is -1.21. The van der Waals surface area contributed by atoms with Gasteiger partial charge in [-0.2, -0.15) is 5.10 Å². The summed E-state index contributed by atoms with van der Waals surface area (Å²) >= 11 is 0. The van der Waals surface area contributed by atoms with E-state index in [1.165, 1.54) is 13.3 Å². The third-order valence-corrected chi connectivity index (χ3v) is 9.34. The van der Waals surface area contributed by atoms with Crippen LogP contribution in [0.1, 0.15) is 106 Å². The van der Waals surface area contributed by atoms with Gasteiger partial charge in [-0.25, -0.2) is 0 Å². The lowest BCUT2D eigenvalue weighted by molar-refractivity contribution is -0.134. The number of hydrogen-bond donors (Lipinski definition) is 6. The monoisotopic (exact) mass is 709 g/mol. The van der Waals surface area contributed by atoms with Crippen molar-refractivity contribution >= 4 is 29.5 Å². The molecule has 2 aromatic rings. The molecule has 4 rings (SSSR count). The van der Waals surface area contributed by atoms with Crippen LogP contribution < -0.4 is 26.0 Å². The summed E-state index contributed by atoms with van der Waals surface area (Å²) in [6, 6.07) is 4.66. The molecule has 2 aliphatic rings. The van der Waals surface area contributed by atoms with Crippen molar-refractivity contribution in [1.29, 1.82) is 0 Å². The number of nitrogens with zero attached hydrogens (tertiary/aromatic N) is 2. The number of ether oxygens (including phenoxy) is 1. The van der Waals surface area contributed by atoms with E-state index in [-0.39, 0.29) is 43.2 Å². The molecule has 3 atom stereocenters. The number of rotatable bonds is 5. The van der Waals surface area contributed by atoms with Gasteiger partial charge in [0.25, 0.3) is 11.8 Å². The molecule has 1 aliphatic carbocycles. The van der Waals surface area contributed by atoms with E-state index in [9.17, 15) is 29.1 Å². The highest BCUT2D eigenvalue weighted by atomic mass is 16.5. The van der Waals surface area contributed by atoms with Crippen LogP contribution in [0.15, 0.2) is 30.5 Å². The minimum atomic E-state index is -1.23. The molecule has 1 saturated carbocycles. The Hall–Kier alpha value is -4.46. The van der Waals surface area contributed by atoms with Crippen molar-refractivity contribution in [1.82, 2.24) is 36.4 Å². The fourth-order valence-electron chi connectivity index (χ4n) is 6.64. The molecule has 280 valence electrons. The molecule has 1 aromatic heterocycles. The van der Waals surface area contributed by atoms with Gasteiger partial charge < -0.3 is 36.0 Å². The lowest BCUT2D eigenvalue weighted by Gasteiger charge is -2.26. The van der Waals surface area contributed by atoms with Gasteiger partial charge in [0.15, 0.2) is 6.61 Å². The first-order valence-corrected chi connectivity index (χ1v) is 18.4. The highest BCUT2D eigenvalue weighted by molar-refractivity contribution is 5.95. The van der Waals surface area contributed by atoms with Gasteiger partial charge in [-0.15, -0.1) is 0 Å². The maximum absolute atomic E-state index is 13.9. The first-order valence-electron chi connectivity index (χ1n) is 18.4. The Morgan fingerprint density at radius 2 is 1.67 bits per heavy atom. The number of aliphatic hydroxyl groups is 1. The van der Waals surface area contributed by atoms with Gasteiger partial charge in [-0.3, -0.25) is 29.1 Å². The van der Waals surface area contributed by atoms with Crippen LogP contribution in [0, 0.1) is 5.92 Å².